The zero-order valence-corrected chi connectivity index (χ0v) is 8.90. The summed E-state index contributed by atoms with van der Waals surface area (Å²) in [4.78, 5) is 0. The molecule has 14 heavy (non-hydrogen) atoms. The monoisotopic (exact) mass is 232 g/mol. The molecule has 0 atom stereocenters. The predicted molar refractivity (Wildman–Crippen MR) is 56.3 cm³/mol. The molecule has 5 heteroatoms. The first-order chi connectivity index (χ1) is 6.68. The largest absolute Gasteiger partial charge is 0.377 e. The molecule has 1 fully saturated rings. The van der Waals surface area contributed by atoms with Crippen LogP contribution in [0.1, 0.15) is 5.56 Å². The van der Waals surface area contributed by atoms with Crippen molar-refractivity contribution in [3.05, 3.63) is 33.8 Å². The van der Waals surface area contributed by atoms with Crippen molar-refractivity contribution in [2.24, 2.45) is 5.84 Å². The molecule has 0 unspecified atom stereocenters. The molecule has 0 spiro atoms. The van der Waals surface area contributed by atoms with Gasteiger partial charge in [0.1, 0.15) is 5.54 Å². The fourth-order valence-electron chi connectivity index (χ4n) is 1.43. The third-order valence-corrected chi connectivity index (χ3v) is 3.18. The maximum atomic E-state index is 5.92. The zero-order valence-electron chi connectivity index (χ0n) is 7.39. The van der Waals surface area contributed by atoms with Crippen LogP contribution in [0.25, 0.3) is 0 Å². The predicted octanol–water partition coefficient (Wildman–Crippen LogP) is 1.68. The third kappa shape index (κ3) is 1.51. The van der Waals surface area contributed by atoms with E-state index in [2.05, 4.69) is 5.43 Å². The number of ether oxygens (including phenoxy) is 1. The maximum absolute atomic E-state index is 5.92. The second-order valence-electron chi connectivity index (χ2n) is 3.35. The van der Waals surface area contributed by atoms with E-state index in [1.54, 1.807) is 6.07 Å². The summed E-state index contributed by atoms with van der Waals surface area (Å²) < 4.78 is 5.14. The molecule has 0 aliphatic carbocycles. The lowest BCUT2D eigenvalue weighted by molar-refractivity contribution is -0.0786. The molecule has 1 heterocycles. The lowest BCUT2D eigenvalue weighted by Gasteiger charge is -2.41. The average Bonchev–Trinajstić information content (AvgIpc) is 2.10. The van der Waals surface area contributed by atoms with Crippen LogP contribution in [0.15, 0.2) is 18.2 Å². The fourth-order valence-corrected chi connectivity index (χ4v) is 1.73. The minimum Gasteiger partial charge on any atom is -0.377 e. The van der Waals surface area contributed by atoms with Gasteiger partial charge in [0, 0.05) is 0 Å². The Bertz CT molecular complexity index is 347. The first-order valence-electron chi connectivity index (χ1n) is 4.19. The van der Waals surface area contributed by atoms with Gasteiger partial charge in [0.2, 0.25) is 0 Å². The van der Waals surface area contributed by atoms with Gasteiger partial charge in [0.15, 0.2) is 0 Å². The molecule has 1 aromatic carbocycles. The second-order valence-corrected chi connectivity index (χ2v) is 4.16. The van der Waals surface area contributed by atoms with Gasteiger partial charge < -0.3 is 4.74 Å². The van der Waals surface area contributed by atoms with E-state index in [4.69, 9.17) is 33.8 Å². The highest BCUT2D eigenvalue weighted by Crippen LogP contribution is 2.32. The molecule has 0 bridgehead atoms. The van der Waals surface area contributed by atoms with Gasteiger partial charge in [0.25, 0.3) is 0 Å². The van der Waals surface area contributed by atoms with E-state index in [1.807, 2.05) is 12.1 Å². The van der Waals surface area contributed by atoms with Crippen molar-refractivity contribution in [3.8, 4) is 0 Å². The van der Waals surface area contributed by atoms with Crippen LogP contribution in [0.2, 0.25) is 10.0 Å². The van der Waals surface area contributed by atoms with Gasteiger partial charge >= 0.3 is 0 Å². The van der Waals surface area contributed by atoms with Crippen molar-refractivity contribution in [2.45, 2.75) is 5.54 Å². The summed E-state index contributed by atoms with van der Waals surface area (Å²) in [6.07, 6.45) is 0. The molecule has 3 nitrogen and oxygen atoms in total. The van der Waals surface area contributed by atoms with Crippen LogP contribution < -0.4 is 11.3 Å². The quantitative estimate of drug-likeness (QED) is 0.603. The highest BCUT2D eigenvalue weighted by atomic mass is 35.5. The second kappa shape index (κ2) is 3.68. The summed E-state index contributed by atoms with van der Waals surface area (Å²) in [7, 11) is 0. The van der Waals surface area contributed by atoms with E-state index in [-0.39, 0.29) is 5.54 Å². The summed E-state index contributed by atoms with van der Waals surface area (Å²) in [5, 5.41) is 1.08. The Morgan fingerprint density at radius 2 is 2.00 bits per heavy atom. The third-order valence-electron chi connectivity index (χ3n) is 2.45. The average molecular weight is 233 g/mol. The van der Waals surface area contributed by atoms with Gasteiger partial charge in [-0.15, -0.1) is 0 Å². The summed E-state index contributed by atoms with van der Waals surface area (Å²) in [6.45, 7) is 1.11. The maximum Gasteiger partial charge on any atom is 0.104 e. The summed E-state index contributed by atoms with van der Waals surface area (Å²) in [5.74, 6) is 5.48. The van der Waals surface area contributed by atoms with Gasteiger partial charge in [-0.1, -0.05) is 29.3 Å². The summed E-state index contributed by atoms with van der Waals surface area (Å²) in [5.41, 5.74) is 3.45. The number of halogens is 2. The molecule has 1 aliphatic heterocycles. The van der Waals surface area contributed by atoms with Crippen LogP contribution >= 0.6 is 23.2 Å². The van der Waals surface area contributed by atoms with Gasteiger partial charge in [0.05, 0.1) is 23.3 Å². The number of benzene rings is 1. The highest BCUT2D eigenvalue weighted by molar-refractivity contribution is 6.42. The molecular formula is C9H10Cl2N2O. The standard InChI is InChI=1S/C9H10Cl2N2O/c10-7-2-1-6(3-8(7)11)9(13-12)4-14-5-9/h1-3,13H,4-5,12H2. The molecule has 3 N–H and O–H groups in total. The Balaban J connectivity index is 2.36. The van der Waals surface area contributed by atoms with Crippen LogP contribution in [0.5, 0.6) is 0 Å². The van der Waals surface area contributed by atoms with E-state index in [0.717, 1.165) is 5.56 Å². The van der Waals surface area contributed by atoms with Gasteiger partial charge in [-0.3, -0.25) is 5.84 Å². The Kier molecular flexibility index (Phi) is 2.68. The number of hydrogen-bond donors (Lipinski definition) is 2. The number of nitrogens with one attached hydrogen (secondary N) is 1. The fraction of sp³-hybridized carbons (Fsp3) is 0.333. The van der Waals surface area contributed by atoms with Gasteiger partial charge in [-0.05, 0) is 17.7 Å². The van der Waals surface area contributed by atoms with E-state index in [9.17, 15) is 0 Å². The van der Waals surface area contributed by atoms with Crippen LogP contribution in [-0.4, -0.2) is 13.2 Å². The normalized spacial score (nSPS) is 19.1. The van der Waals surface area contributed by atoms with E-state index in [0.29, 0.717) is 23.3 Å². The molecule has 0 saturated carbocycles. The van der Waals surface area contributed by atoms with Gasteiger partial charge in [-0.25, -0.2) is 5.43 Å². The zero-order chi connectivity index (χ0) is 10.2. The SMILES string of the molecule is NNC1(c2ccc(Cl)c(Cl)c2)COC1. The smallest absolute Gasteiger partial charge is 0.104 e. The number of hydrazine groups is 1. The van der Waals surface area contributed by atoms with Crippen molar-refractivity contribution >= 4 is 23.2 Å². The Morgan fingerprint density at radius 3 is 2.43 bits per heavy atom. The molecular weight excluding hydrogens is 223 g/mol. The summed E-state index contributed by atoms with van der Waals surface area (Å²) in [6, 6.07) is 5.47. The first kappa shape index (κ1) is 10.2. The molecule has 2 rings (SSSR count). The minimum atomic E-state index is -0.297. The molecule has 0 aromatic heterocycles. The topological polar surface area (TPSA) is 47.3 Å². The lowest BCUT2D eigenvalue weighted by Crippen LogP contribution is -2.60. The highest BCUT2D eigenvalue weighted by Gasteiger charge is 2.39. The van der Waals surface area contributed by atoms with E-state index >= 15 is 0 Å². The van der Waals surface area contributed by atoms with E-state index in [1.165, 1.54) is 0 Å². The number of rotatable bonds is 2. The minimum absolute atomic E-state index is 0.297. The Labute approximate surface area is 92.1 Å². The van der Waals surface area contributed by atoms with Crippen molar-refractivity contribution in [1.29, 1.82) is 0 Å². The van der Waals surface area contributed by atoms with Crippen molar-refractivity contribution in [1.82, 2.24) is 5.43 Å². The van der Waals surface area contributed by atoms with E-state index < -0.39 is 0 Å². The van der Waals surface area contributed by atoms with Crippen LogP contribution in [0.4, 0.5) is 0 Å². The number of hydrogen-bond acceptors (Lipinski definition) is 3. The molecule has 76 valence electrons. The van der Waals surface area contributed by atoms with Crippen molar-refractivity contribution < 1.29 is 4.74 Å². The molecule has 1 saturated heterocycles. The lowest BCUT2D eigenvalue weighted by atomic mass is 9.89. The van der Waals surface area contributed by atoms with Crippen molar-refractivity contribution in [3.63, 3.8) is 0 Å². The van der Waals surface area contributed by atoms with Crippen LogP contribution in [-0.2, 0) is 10.3 Å². The number of nitrogens with two attached hydrogens (primary N) is 1. The van der Waals surface area contributed by atoms with Crippen LogP contribution in [0, 0.1) is 0 Å². The molecule has 1 aromatic rings. The Morgan fingerprint density at radius 1 is 1.29 bits per heavy atom. The molecule has 1 aliphatic rings. The summed E-state index contributed by atoms with van der Waals surface area (Å²) >= 11 is 11.7. The molecule has 0 amide bonds. The molecule has 0 radical (unpaired) electrons. The Hall–Kier alpha value is -0.320. The van der Waals surface area contributed by atoms with Crippen molar-refractivity contribution in [2.75, 3.05) is 13.2 Å². The first-order valence-corrected chi connectivity index (χ1v) is 4.95. The van der Waals surface area contributed by atoms with Crippen LogP contribution in [0.3, 0.4) is 0 Å². The van der Waals surface area contributed by atoms with Gasteiger partial charge in [-0.2, -0.15) is 0 Å².